The molecule has 0 radical (unpaired) electrons. The number of hydrogen-bond donors (Lipinski definition) is 2. The molecule has 0 spiro atoms. The molecule has 2 aromatic rings. The van der Waals surface area contributed by atoms with Crippen LogP contribution in [0.25, 0.3) is 0 Å². The third-order valence-corrected chi connectivity index (χ3v) is 5.52. The second-order valence-corrected chi connectivity index (χ2v) is 7.48. The molecular formula is C20H26N4O2S. The van der Waals surface area contributed by atoms with Gasteiger partial charge < -0.3 is 15.5 Å². The van der Waals surface area contributed by atoms with Gasteiger partial charge in [-0.3, -0.25) is 9.69 Å². The molecule has 0 saturated carbocycles. The van der Waals surface area contributed by atoms with Crippen molar-refractivity contribution < 1.29 is 9.59 Å². The van der Waals surface area contributed by atoms with Gasteiger partial charge >= 0.3 is 6.03 Å². The lowest BCUT2D eigenvalue weighted by atomic mass is 10.1. The molecule has 1 aliphatic heterocycles. The van der Waals surface area contributed by atoms with E-state index in [4.69, 9.17) is 0 Å². The van der Waals surface area contributed by atoms with Crippen molar-refractivity contribution in [3.05, 3.63) is 58.3 Å². The van der Waals surface area contributed by atoms with E-state index in [9.17, 15) is 9.59 Å². The average Bonchev–Trinajstić information content (AvgIpc) is 3.24. The van der Waals surface area contributed by atoms with Crippen molar-refractivity contribution in [3.8, 4) is 0 Å². The lowest BCUT2D eigenvalue weighted by molar-refractivity contribution is 0.0946. The van der Waals surface area contributed by atoms with E-state index in [0.29, 0.717) is 13.1 Å². The topological polar surface area (TPSA) is 64.7 Å². The molecule has 7 heteroatoms. The van der Waals surface area contributed by atoms with Crippen LogP contribution >= 0.6 is 11.3 Å². The molecule has 3 rings (SSSR count). The summed E-state index contributed by atoms with van der Waals surface area (Å²) in [5, 5.41) is 7.85. The van der Waals surface area contributed by atoms with E-state index in [1.165, 1.54) is 16.9 Å². The minimum atomic E-state index is -0.0126. The van der Waals surface area contributed by atoms with Gasteiger partial charge in [-0.15, -0.1) is 11.3 Å². The molecule has 1 saturated heterocycles. The number of carbonyl (C=O) groups is 2. The molecule has 0 atom stereocenters. The maximum absolute atomic E-state index is 12.3. The molecule has 3 amide bonds. The predicted molar refractivity (Wildman–Crippen MR) is 108 cm³/mol. The summed E-state index contributed by atoms with van der Waals surface area (Å²) in [5.74, 6) is -0.0126. The number of amides is 3. The monoisotopic (exact) mass is 386 g/mol. The second-order valence-electron chi connectivity index (χ2n) is 6.53. The first-order valence-corrected chi connectivity index (χ1v) is 10.2. The maximum atomic E-state index is 12.3. The Hall–Kier alpha value is -2.38. The molecule has 27 heavy (non-hydrogen) atoms. The van der Waals surface area contributed by atoms with Gasteiger partial charge in [-0.05, 0) is 23.4 Å². The fourth-order valence-electron chi connectivity index (χ4n) is 3.07. The van der Waals surface area contributed by atoms with Gasteiger partial charge in [-0.1, -0.05) is 36.4 Å². The van der Waals surface area contributed by atoms with Gasteiger partial charge in [0.05, 0.1) is 4.88 Å². The van der Waals surface area contributed by atoms with Crippen LogP contribution in [0.5, 0.6) is 0 Å². The van der Waals surface area contributed by atoms with Crippen molar-refractivity contribution in [2.75, 3.05) is 45.8 Å². The summed E-state index contributed by atoms with van der Waals surface area (Å²) >= 11 is 1.45. The van der Waals surface area contributed by atoms with Gasteiger partial charge in [0.2, 0.25) is 0 Å². The number of nitrogens with one attached hydrogen (secondary N) is 2. The molecule has 1 aliphatic rings. The Morgan fingerprint density at radius 2 is 1.70 bits per heavy atom. The van der Waals surface area contributed by atoms with Crippen molar-refractivity contribution in [3.63, 3.8) is 0 Å². The molecule has 144 valence electrons. The van der Waals surface area contributed by atoms with Crippen molar-refractivity contribution in [2.24, 2.45) is 0 Å². The molecule has 0 aliphatic carbocycles. The zero-order valence-corrected chi connectivity index (χ0v) is 16.2. The van der Waals surface area contributed by atoms with Gasteiger partial charge in [0.1, 0.15) is 0 Å². The van der Waals surface area contributed by atoms with Crippen LogP contribution in [0.4, 0.5) is 4.79 Å². The van der Waals surface area contributed by atoms with Gasteiger partial charge in [0, 0.05) is 45.8 Å². The minimum Gasteiger partial charge on any atom is -0.350 e. The molecule has 2 heterocycles. The molecule has 0 bridgehead atoms. The number of rotatable bonds is 7. The molecule has 1 fully saturated rings. The van der Waals surface area contributed by atoms with E-state index in [1.54, 1.807) is 0 Å². The average molecular weight is 387 g/mol. The number of hydrogen-bond acceptors (Lipinski definition) is 4. The molecule has 0 unspecified atom stereocenters. The zero-order chi connectivity index (χ0) is 18.9. The predicted octanol–water partition coefficient (Wildman–Crippen LogP) is 2.05. The first-order valence-electron chi connectivity index (χ1n) is 9.33. The Balaban J connectivity index is 1.29. The van der Waals surface area contributed by atoms with E-state index < -0.39 is 0 Å². The summed E-state index contributed by atoms with van der Waals surface area (Å²) in [5.41, 5.74) is 1.23. The SMILES string of the molecule is O=C(NCCN1CCN(C(=O)NCCc2ccccc2)CC1)c1cccs1. The van der Waals surface area contributed by atoms with Gasteiger partial charge in [-0.2, -0.15) is 0 Å². The third-order valence-electron chi connectivity index (χ3n) is 4.65. The molecule has 1 aromatic heterocycles. The largest absolute Gasteiger partial charge is 0.350 e. The Kier molecular flexibility index (Phi) is 7.24. The fraction of sp³-hybridized carbons (Fsp3) is 0.400. The summed E-state index contributed by atoms with van der Waals surface area (Å²) in [6, 6.07) is 13.9. The van der Waals surface area contributed by atoms with E-state index in [0.717, 1.165) is 44.0 Å². The molecule has 1 aromatic carbocycles. The highest BCUT2D eigenvalue weighted by molar-refractivity contribution is 7.12. The van der Waals surface area contributed by atoms with Crippen LogP contribution < -0.4 is 10.6 Å². The lowest BCUT2D eigenvalue weighted by Crippen LogP contribution is -2.53. The summed E-state index contributed by atoms with van der Waals surface area (Å²) in [6.07, 6.45) is 0.844. The van der Waals surface area contributed by atoms with Crippen LogP contribution in [-0.4, -0.2) is 67.6 Å². The van der Waals surface area contributed by atoms with E-state index >= 15 is 0 Å². The number of urea groups is 1. The maximum Gasteiger partial charge on any atom is 0.317 e. The van der Waals surface area contributed by atoms with Crippen molar-refractivity contribution in [1.29, 1.82) is 0 Å². The third kappa shape index (κ3) is 6.08. The van der Waals surface area contributed by atoms with Crippen LogP contribution in [0.3, 0.4) is 0 Å². The summed E-state index contributed by atoms with van der Waals surface area (Å²) in [7, 11) is 0. The summed E-state index contributed by atoms with van der Waals surface area (Å²) < 4.78 is 0. The normalized spacial score (nSPS) is 14.7. The van der Waals surface area contributed by atoms with Crippen LogP contribution in [0.15, 0.2) is 47.8 Å². The smallest absolute Gasteiger partial charge is 0.317 e. The summed E-state index contributed by atoms with van der Waals surface area (Å²) in [4.78, 5) is 29.1. The first kappa shape index (κ1) is 19.4. The van der Waals surface area contributed by atoms with E-state index in [2.05, 4.69) is 27.7 Å². The van der Waals surface area contributed by atoms with E-state index in [-0.39, 0.29) is 11.9 Å². The molecular weight excluding hydrogens is 360 g/mol. The van der Waals surface area contributed by atoms with Gasteiger partial charge in [-0.25, -0.2) is 4.79 Å². The highest BCUT2D eigenvalue weighted by atomic mass is 32.1. The number of benzene rings is 1. The molecule has 2 N–H and O–H groups in total. The number of thiophene rings is 1. The summed E-state index contributed by atoms with van der Waals surface area (Å²) in [6.45, 7) is 5.19. The molecule has 6 nitrogen and oxygen atoms in total. The van der Waals surface area contributed by atoms with Crippen molar-refractivity contribution in [2.45, 2.75) is 6.42 Å². The number of nitrogens with zero attached hydrogens (tertiary/aromatic N) is 2. The zero-order valence-electron chi connectivity index (χ0n) is 15.4. The highest BCUT2D eigenvalue weighted by Crippen LogP contribution is 2.07. The Bertz CT molecular complexity index is 713. The van der Waals surface area contributed by atoms with Crippen molar-refractivity contribution >= 4 is 23.3 Å². The quantitative estimate of drug-likeness (QED) is 0.766. The highest BCUT2D eigenvalue weighted by Gasteiger charge is 2.20. The van der Waals surface area contributed by atoms with Crippen molar-refractivity contribution in [1.82, 2.24) is 20.4 Å². The van der Waals surface area contributed by atoms with Gasteiger partial charge in [0.25, 0.3) is 5.91 Å². The van der Waals surface area contributed by atoms with E-state index in [1.807, 2.05) is 40.6 Å². The minimum absolute atomic E-state index is 0.0107. The van der Waals surface area contributed by atoms with Crippen LogP contribution in [0.2, 0.25) is 0 Å². The van der Waals surface area contributed by atoms with Crippen LogP contribution in [0.1, 0.15) is 15.2 Å². The fourth-order valence-corrected chi connectivity index (χ4v) is 3.71. The first-order chi connectivity index (χ1) is 13.2. The van der Waals surface area contributed by atoms with Crippen LogP contribution in [0, 0.1) is 0 Å². The Morgan fingerprint density at radius 1 is 0.926 bits per heavy atom. The number of piperazine rings is 1. The number of carbonyl (C=O) groups excluding carboxylic acids is 2. The Morgan fingerprint density at radius 3 is 2.41 bits per heavy atom. The Labute approximate surface area is 164 Å². The standard InChI is InChI=1S/C20H26N4O2S/c25-19(18-7-4-16-27-18)21-10-11-23-12-14-24(15-13-23)20(26)22-9-8-17-5-2-1-3-6-17/h1-7,16H,8-15H2,(H,21,25)(H,22,26). The lowest BCUT2D eigenvalue weighted by Gasteiger charge is -2.34. The second kappa shape index (κ2) is 10.1. The van der Waals surface area contributed by atoms with Crippen LogP contribution in [-0.2, 0) is 6.42 Å². The van der Waals surface area contributed by atoms with Gasteiger partial charge in [0.15, 0.2) is 0 Å².